The van der Waals surface area contributed by atoms with Crippen molar-refractivity contribution in [2.75, 3.05) is 10.6 Å². The Labute approximate surface area is 195 Å². The van der Waals surface area contributed by atoms with Crippen LogP contribution in [0.3, 0.4) is 0 Å². The third-order valence-electron chi connectivity index (χ3n) is 4.64. The Morgan fingerprint density at radius 2 is 1.91 bits per heavy atom. The van der Waals surface area contributed by atoms with E-state index in [4.69, 9.17) is 11.6 Å². The first-order valence-corrected chi connectivity index (χ1v) is 11.4. The molecule has 2 amide bonds. The molecule has 0 atom stereocenters. The maximum absolute atomic E-state index is 13.0. The summed E-state index contributed by atoms with van der Waals surface area (Å²) in [5.41, 5.74) is 1.53. The molecule has 0 unspecified atom stereocenters. The normalized spacial score (nSPS) is 11.0. The molecule has 4 rings (SSSR count). The second kappa shape index (κ2) is 8.77. The second-order valence-electron chi connectivity index (χ2n) is 7.01. The molecule has 4 aromatic rings. The predicted octanol–water partition coefficient (Wildman–Crippen LogP) is 3.78. The second-order valence-corrected chi connectivity index (χ2v) is 9.59. The number of thiophene rings is 1. The van der Waals surface area contributed by atoms with E-state index >= 15 is 0 Å². The van der Waals surface area contributed by atoms with E-state index in [2.05, 4.69) is 25.8 Å². The molecule has 0 bridgehead atoms. The first-order valence-electron chi connectivity index (χ1n) is 9.39. The van der Waals surface area contributed by atoms with Crippen molar-refractivity contribution in [3.05, 3.63) is 60.9 Å². The molecular formula is C20H17ClN6O3S2. The van der Waals surface area contributed by atoms with E-state index in [0.29, 0.717) is 36.5 Å². The first-order chi connectivity index (χ1) is 15.2. The van der Waals surface area contributed by atoms with Crippen molar-refractivity contribution < 1.29 is 9.59 Å². The number of fused-ring (bicyclic) bond motifs is 1. The molecule has 2 N–H and O–H groups in total. The molecule has 0 fully saturated rings. The minimum absolute atomic E-state index is 0.228. The molecule has 0 radical (unpaired) electrons. The van der Waals surface area contributed by atoms with Gasteiger partial charge in [-0.3, -0.25) is 24.3 Å². The van der Waals surface area contributed by atoms with Gasteiger partial charge in [0.1, 0.15) is 16.4 Å². The lowest BCUT2D eigenvalue weighted by atomic mass is 10.2. The van der Waals surface area contributed by atoms with Crippen LogP contribution in [-0.4, -0.2) is 31.6 Å². The van der Waals surface area contributed by atoms with Gasteiger partial charge in [0.2, 0.25) is 11.0 Å². The maximum Gasteiger partial charge on any atom is 0.267 e. The number of anilines is 2. The van der Waals surface area contributed by atoms with Gasteiger partial charge in [-0.2, -0.15) is 0 Å². The molecular weight excluding hydrogens is 472 g/mol. The molecule has 0 aliphatic rings. The zero-order chi connectivity index (χ0) is 23.0. The highest BCUT2D eigenvalue weighted by molar-refractivity contribution is 7.21. The van der Waals surface area contributed by atoms with Crippen LogP contribution in [0, 0.1) is 20.8 Å². The molecule has 3 aromatic heterocycles. The zero-order valence-corrected chi connectivity index (χ0v) is 19.6. The van der Waals surface area contributed by atoms with Gasteiger partial charge in [-0.15, -0.1) is 21.5 Å². The summed E-state index contributed by atoms with van der Waals surface area (Å²) in [4.78, 5) is 43.2. The molecule has 0 spiro atoms. The number of benzene rings is 1. The predicted molar refractivity (Wildman–Crippen MR) is 126 cm³/mol. The maximum atomic E-state index is 13.0. The largest absolute Gasteiger partial charge is 0.324 e. The van der Waals surface area contributed by atoms with Crippen LogP contribution < -0.4 is 16.2 Å². The van der Waals surface area contributed by atoms with Crippen molar-refractivity contribution in [3.8, 4) is 0 Å². The molecule has 9 nitrogen and oxygen atoms in total. The van der Waals surface area contributed by atoms with Gasteiger partial charge in [0.05, 0.1) is 16.6 Å². The number of nitrogens with one attached hydrogen (secondary N) is 2. The fraction of sp³-hybridized carbons (Fsp3) is 0.200. The van der Waals surface area contributed by atoms with Crippen LogP contribution in [-0.2, 0) is 11.3 Å². The summed E-state index contributed by atoms with van der Waals surface area (Å²) in [7, 11) is 0. The average molecular weight is 489 g/mol. The Morgan fingerprint density at radius 3 is 2.59 bits per heavy atom. The van der Waals surface area contributed by atoms with Gasteiger partial charge in [0.25, 0.3) is 11.5 Å². The fourth-order valence-electron chi connectivity index (χ4n) is 3.02. The lowest BCUT2D eigenvalue weighted by Gasteiger charge is -2.08. The van der Waals surface area contributed by atoms with Gasteiger partial charge < -0.3 is 5.32 Å². The Kier molecular flexibility index (Phi) is 6.04. The number of aryl methyl sites for hydroxylation is 3. The lowest BCUT2D eigenvalue weighted by molar-refractivity contribution is -0.116. The summed E-state index contributed by atoms with van der Waals surface area (Å²) in [5.74, 6) is -0.785. The van der Waals surface area contributed by atoms with Crippen LogP contribution in [0.15, 0.2) is 29.3 Å². The van der Waals surface area contributed by atoms with Crippen LogP contribution >= 0.6 is 34.3 Å². The third kappa shape index (κ3) is 4.40. The molecule has 0 saturated heterocycles. The highest BCUT2D eigenvalue weighted by Crippen LogP contribution is 2.28. The highest BCUT2D eigenvalue weighted by Gasteiger charge is 2.21. The van der Waals surface area contributed by atoms with E-state index in [9.17, 15) is 14.4 Å². The number of rotatable bonds is 5. The molecule has 164 valence electrons. The molecule has 32 heavy (non-hydrogen) atoms. The van der Waals surface area contributed by atoms with Gasteiger partial charge in [0, 0.05) is 10.7 Å². The minimum atomic E-state index is -0.398. The van der Waals surface area contributed by atoms with Crippen molar-refractivity contribution in [1.29, 1.82) is 0 Å². The van der Waals surface area contributed by atoms with E-state index in [1.54, 1.807) is 32.0 Å². The van der Waals surface area contributed by atoms with E-state index in [0.717, 1.165) is 21.9 Å². The van der Waals surface area contributed by atoms with Crippen molar-refractivity contribution in [3.63, 3.8) is 0 Å². The van der Waals surface area contributed by atoms with Gasteiger partial charge in [-0.1, -0.05) is 29.0 Å². The standard InChI is InChI=1S/C20H17ClN6O3S2/c1-9-4-5-12(6-13(9)21)23-14(28)7-27-8-22-18-15(19(27)30)10(2)16(32-18)17(29)24-20-26-25-11(3)31-20/h4-6,8H,7H2,1-3H3,(H,23,28)(H,24,26,29). The Bertz CT molecular complexity index is 1420. The smallest absolute Gasteiger partial charge is 0.267 e. The molecule has 1 aromatic carbocycles. The Balaban J connectivity index is 1.57. The van der Waals surface area contributed by atoms with E-state index in [-0.39, 0.29) is 12.5 Å². The number of carbonyl (C=O) groups excluding carboxylic acids is 2. The topological polar surface area (TPSA) is 119 Å². The molecule has 0 aliphatic carbocycles. The summed E-state index contributed by atoms with van der Waals surface area (Å²) in [5, 5.41) is 15.1. The van der Waals surface area contributed by atoms with Crippen LogP contribution in [0.4, 0.5) is 10.8 Å². The quantitative estimate of drug-likeness (QED) is 0.441. The van der Waals surface area contributed by atoms with E-state index < -0.39 is 11.5 Å². The molecule has 0 aliphatic heterocycles. The number of halogens is 1. The summed E-state index contributed by atoms with van der Waals surface area (Å²) in [6.45, 7) is 5.10. The average Bonchev–Trinajstić information content (AvgIpc) is 3.30. The van der Waals surface area contributed by atoms with Gasteiger partial charge >= 0.3 is 0 Å². The van der Waals surface area contributed by atoms with Crippen molar-refractivity contribution in [2.24, 2.45) is 0 Å². The summed E-state index contributed by atoms with van der Waals surface area (Å²) in [6, 6.07) is 5.17. The van der Waals surface area contributed by atoms with Gasteiger partial charge in [0.15, 0.2) is 0 Å². The van der Waals surface area contributed by atoms with Crippen LogP contribution in [0.1, 0.15) is 25.8 Å². The summed E-state index contributed by atoms with van der Waals surface area (Å²) < 4.78 is 1.21. The number of aromatic nitrogens is 4. The molecule has 3 heterocycles. The first kappa shape index (κ1) is 22.1. The van der Waals surface area contributed by atoms with E-state index in [1.807, 2.05) is 6.92 Å². The third-order valence-corrected chi connectivity index (χ3v) is 7.00. The van der Waals surface area contributed by atoms with Crippen LogP contribution in [0.2, 0.25) is 5.02 Å². The van der Waals surface area contributed by atoms with E-state index in [1.165, 1.54) is 22.2 Å². The monoisotopic (exact) mass is 488 g/mol. The Hall–Kier alpha value is -3.15. The van der Waals surface area contributed by atoms with Crippen molar-refractivity contribution >= 4 is 67.1 Å². The van der Waals surface area contributed by atoms with Gasteiger partial charge in [-0.05, 0) is 44.0 Å². The summed E-state index contributed by atoms with van der Waals surface area (Å²) in [6.07, 6.45) is 1.30. The van der Waals surface area contributed by atoms with Crippen molar-refractivity contribution in [1.82, 2.24) is 19.7 Å². The van der Waals surface area contributed by atoms with Gasteiger partial charge in [-0.25, -0.2) is 4.98 Å². The highest BCUT2D eigenvalue weighted by atomic mass is 35.5. The zero-order valence-electron chi connectivity index (χ0n) is 17.2. The summed E-state index contributed by atoms with van der Waals surface area (Å²) >= 11 is 8.46. The molecule has 0 saturated carbocycles. The number of hydrogen-bond acceptors (Lipinski definition) is 8. The van der Waals surface area contributed by atoms with Crippen LogP contribution in [0.5, 0.6) is 0 Å². The minimum Gasteiger partial charge on any atom is -0.324 e. The number of nitrogens with zero attached hydrogens (tertiary/aromatic N) is 4. The lowest BCUT2D eigenvalue weighted by Crippen LogP contribution is -2.28. The number of carbonyl (C=O) groups is 2. The number of amides is 2. The van der Waals surface area contributed by atoms with Crippen LogP contribution in [0.25, 0.3) is 10.2 Å². The number of hydrogen-bond donors (Lipinski definition) is 2. The molecule has 12 heteroatoms. The Morgan fingerprint density at radius 1 is 1.12 bits per heavy atom. The SMILES string of the molecule is Cc1nnc(NC(=O)c2sc3ncn(CC(=O)Nc4ccc(C)c(Cl)c4)c(=O)c3c2C)s1. The fourth-order valence-corrected chi connectivity index (χ4v) is 4.82. The van der Waals surface area contributed by atoms with Crippen molar-refractivity contribution in [2.45, 2.75) is 27.3 Å².